The van der Waals surface area contributed by atoms with E-state index >= 15 is 0 Å². The second kappa shape index (κ2) is 8.53. The second-order valence-corrected chi connectivity index (χ2v) is 9.41. The SMILES string of the molecule is Cc1ccc(S(=O)(=O)Nc2ccc(C(=O)N(C)C3CCCCC3)cc2Cl)cc1. The van der Waals surface area contributed by atoms with Gasteiger partial charge >= 0.3 is 0 Å². The van der Waals surface area contributed by atoms with E-state index in [0.29, 0.717) is 5.56 Å². The first kappa shape index (κ1) is 20.7. The predicted octanol–water partition coefficient (Wildman–Crippen LogP) is 4.85. The molecule has 1 aliphatic rings. The van der Waals surface area contributed by atoms with Gasteiger partial charge in [-0.05, 0) is 50.1 Å². The Hall–Kier alpha value is -2.05. The number of aryl methyl sites for hydroxylation is 1. The van der Waals surface area contributed by atoms with Gasteiger partial charge < -0.3 is 4.90 Å². The maximum atomic E-state index is 12.8. The van der Waals surface area contributed by atoms with Crippen molar-refractivity contribution in [2.75, 3.05) is 11.8 Å². The number of nitrogens with one attached hydrogen (secondary N) is 1. The number of benzene rings is 2. The molecule has 1 amide bonds. The molecule has 2 aromatic rings. The van der Waals surface area contributed by atoms with Gasteiger partial charge in [0.05, 0.1) is 15.6 Å². The lowest BCUT2D eigenvalue weighted by molar-refractivity contribution is 0.0696. The van der Waals surface area contributed by atoms with Gasteiger partial charge in [0.15, 0.2) is 0 Å². The van der Waals surface area contributed by atoms with Crippen LogP contribution in [-0.2, 0) is 10.0 Å². The first-order chi connectivity index (χ1) is 13.3. The summed E-state index contributed by atoms with van der Waals surface area (Å²) in [5.41, 5.74) is 1.68. The summed E-state index contributed by atoms with van der Waals surface area (Å²) in [5, 5.41) is 0.193. The number of hydrogen-bond donors (Lipinski definition) is 1. The number of hydrogen-bond acceptors (Lipinski definition) is 3. The Morgan fingerprint density at radius 3 is 2.32 bits per heavy atom. The summed E-state index contributed by atoms with van der Waals surface area (Å²) < 4.78 is 27.6. The first-order valence-electron chi connectivity index (χ1n) is 9.44. The number of anilines is 1. The molecule has 2 aromatic carbocycles. The van der Waals surface area contributed by atoms with E-state index in [-0.39, 0.29) is 27.6 Å². The van der Waals surface area contributed by atoms with E-state index in [1.165, 1.54) is 18.6 Å². The minimum absolute atomic E-state index is 0.0956. The lowest BCUT2D eigenvalue weighted by Gasteiger charge is -2.31. The summed E-state index contributed by atoms with van der Waals surface area (Å²) in [6.07, 6.45) is 5.54. The van der Waals surface area contributed by atoms with Crippen LogP contribution in [0.15, 0.2) is 47.4 Å². The van der Waals surface area contributed by atoms with Gasteiger partial charge in [-0.15, -0.1) is 0 Å². The lowest BCUT2D eigenvalue weighted by atomic mass is 9.94. The molecule has 0 aliphatic heterocycles. The third-order valence-corrected chi connectivity index (χ3v) is 6.93. The summed E-state index contributed by atoms with van der Waals surface area (Å²) in [6, 6.07) is 11.5. The highest BCUT2D eigenvalue weighted by atomic mass is 35.5. The Morgan fingerprint density at radius 2 is 1.71 bits per heavy atom. The molecular weight excluding hydrogens is 396 g/mol. The van der Waals surface area contributed by atoms with Crippen LogP contribution < -0.4 is 4.72 Å². The summed E-state index contributed by atoms with van der Waals surface area (Å²) in [7, 11) is -1.93. The topological polar surface area (TPSA) is 66.5 Å². The van der Waals surface area contributed by atoms with Crippen molar-refractivity contribution in [3.05, 3.63) is 58.6 Å². The lowest BCUT2D eigenvalue weighted by Crippen LogP contribution is -2.38. The van der Waals surface area contributed by atoms with Crippen LogP contribution in [0.25, 0.3) is 0 Å². The molecule has 150 valence electrons. The number of halogens is 1. The van der Waals surface area contributed by atoms with Crippen LogP contribution in [0.1, 0.15) is 48.0 Å². The number of carbonyl (C=O) groups excluding carboxylic acids is 1. The van der Waals surface area contributed by atoms with Crippen LogP contribution in [0.5, 0.6) is 0 Å². The summed E-state index contributed by atoms with van der Waals surface area (Å²) in [6.45, 7) is 1.89. The highest BCUT2D eigenvalue weighted by Gasteiger charge is 2.24. The van der Waals surface area contributed by atoms with E-state index in [0.717, 1.165) is 31.2 Å². The third-order valence-electron chi connectivity index (χ3n) is 5.23. The number of sulfonamides is 1. The van der Waals surface area contributed by atoms with Gasteiger partial charge in [-0.2, -0.15) is 0 Å². The van der Waals surface area contributed by atoms with E-state index in [1.54, 1.807) is 35.2 Å². The normalized spacial score (nSPS) is 15.2. The monoisotopic (exact) mass is 420 g/mol. The van der Waals surface area contributed by atoms with Gasteiger partial charge in [0.2, 0.25) is 0 Å². The molecule has 3 rings (SSSR count). The van der Waals surface area contributed by atoms with Crippen LogP contribution in [0.2, 0.25) is 5.02 Å². The highest BCUT2D eigenvalue weighted by molar-refractivity contribution is 7.92. The van der Waals surface area contributed by atoms with Crippen LogP contribution in [0.4, 0.5) is 5.69 Å². The van der Waals surface area contributed by atoms with Crippen molar-refractivity contribution < 1.29 is 13.2 Å². The Morgan fingerprint density at radius 1 is 1.07 bits per heavy atom. The second-order valence-electron chi connectivity index (χ2n) is 7.32. The molecule has 0 spiro atoms. The zero-order chi connectivity index (χ0) is 20.3. The minimum atomic E-state index is -3.75. The third kappa shape index (κ3) is 4.67. The average molecular weight is 421 g/mol. The first-order valence-corrected chi connectivity index (χ1v) is 11.3. The van der Waals surface area contributed by atoms with Crippen molar-refractivity contribution in [3.8, 4) is 0 Å². The van der Waals surface area contributed by atoms with Gasteiger partial charge in [0, 0.05) is 18.7 Å². The number of nitrogens with zero attached hydrogens (tertiary/aromatic N) is 1. The van der Waals surface area contributed by atoms with Crippen molar-refractivity contribution in [2.45, 2.75) is 50.0 Å². The molecule has 0 atom stereocenters. The van der Waals surface area contributed by atoms with Crippen molar-refractivity contribution in [3.63, 3.8) is 0 Å². The summed E-state index contributed by atoms with van der Waals surface area (Å²) in [4.78, 5) is 14.7. The standard InChI is InChI=1S/C21H25ClN2O3S/c1-15-8-11-18(12-9-15)28(26,27)23-20-13-10-16(14-19(20)22)21(25)24(2)17-6-4-3-5-7-17/h8-14,17,23H,3-7H2,1-2H3. The quantitative estimate of drug-likeness (QED) is 0.751. The van der Waals surface area contributed by atoms with E-state index < -0.39 is 10.0 Å². The molecular formula is C21H25ClN2O3S. The molecule has 0 radical (unpaired) electrons. The molecule has 1 saturated carbocycles. The van der Waals surface area contributed by atoms with E-state index in [2.05, 4.69) is 4.72 Å². The van der Waals surface area contributed by atoms with Crippen LogP contribution in [0, 0.1) is 6.92 Å². The van der Waals surface area contributed by atoms with Gasteiger partial charge in [-0.25, -0.2) is 8.42 Å². The Bertz CT molecular complexity index is 952. The van der Waals surface area contributed by atoms with Crippen molar-refractivity contribution in [1.82, 2.24) is 4.90 Å². The zero-order valence-corrected chi connectivity index (χ0v) is 17.7. The Balaban J connectivity index is 1.76. The van der Waals surface area contributed by atoms with Gasteiger partial charge in [-0.3, -0.25) is 9.52 Å². The van der Waals surface area contributed by atoms with Crippen LogP contribution in [0.3, 0.4) is 0 Å². The minimum Gasteiger partial charge on any atom is -0.339 e. The summed E-state index contributed by atoms with van der Waals surface area (Å²) in [5.74, 6) is -0.0956. The Kier molecular flexibility index (Phi) is 6.30. The van der Waals surface area contributed by atoms with Gasteiger partial charge in [0.1, 0.15) is 0 Å². The van der Waals surface area contributed by atoms with Gasteiger partial charge in [-0.1, -0.05) is 48.6 Å². The summed E-state index contributed by atoms with van der Waals surface area (Å²) >= 11 is 6.28. The molecule has 0 unspecified atom stereocenters. The molecule has 7 heteroatoms. The number of carbonyl (C=O) groups is 1. The molecule has 1 fully saturated rings. The molecule has 0 aromatic heterocycles. The molecule has 5 nitrogen and oxygen atoms in total. The molecule has 0 heterocycles. The van der Waals surface area contributed by atoms with Crippen molar-refractivity contribution in [1.29, 1.82) is 0 Å². The largest absolute Gasteiger partial charge is 0.339 e. The van der Waals surface area contributed by atoms with Crippen LogP contribution >= 0.6 is 11.6 Å². The van der Waals surface area contributed by atoms with Gasteiger partial charge in [0.25, 0.3) is 15.9 Å². The van der Waals surface area contributed by atoms with E-state index in [4.69, 9.17) is 11.6 Å². The van der Waals surface area contributed by atoms with Crippen molar-refractivity contribution >= 4 is 33.2 Å². The smallest absolute Gasteiger partial charge is 0.261 e. The van der Waals surface area contributed by atoms with E-state index in [1.807, 2.05) is 14.0 Å². The van der Waals surface area contributed by atoms with E-state index in [9.17, 15) is 13.2 Å². The zero-order valence-electron chi connectivity index (χ0n) is 16.1. The fourth-order valence-corrected chi connectivity index (χ4v) is 4.85. The maximum Gasteiger partial charge on any atom is 0.261 e. The number of amides is 1. The molecule has 28 heavy (non-hydrogen) atoms. The van der Waals surface area contributed by atoms with Crippen molar-refractivity contribution in [2.24, 2.45) is 0 Å². The molecule has 0 bridgehead atoms. The van der Waals surface area contributed by atoms with Crippen LogP contribution in [-0.4, -0.2) is 32.3 Å². The Labute approximate surface area is 171 Å². The highest BCUT2D eigenvalue weighted by Crippen LogP contribution is 2.28. The molecule has 1 N–H and O–H groups in total. The maximum absolute atomic E-state index is 12.8. The number of rotatable bonds is 5. The fraction of sp³-hybridized carbons (Fsp3) is 0.381. The predicted molar refractivity (Wildman–Crippen MR) is 112 cm³/mol. The molecule has 1 aliphatic carbocycles. The molecule has 0 saturated heterocycles. The average Bonchev–Trinajstić information content (AvgIpc) is 2.69. The fourth-order valence-electron chi connectivity index (χ4n) is 3.49.